The quantitative estimate of drug-likeness (QED) is 0.521. The lowest BCUT2D eigenvalue weighted by molar-refractivity contribution is -0.131. The molecule has 0 atom stereocenters. The number of rotatable bonds is 5. The summed E-state index contributed by atoms with van der Waals surface area (Å²) in [5.74, 6) is -0.936. The molecule has 1 aromatic heterocycles. The normalized spacial score (nSPS) is 10.8. The third-order valence-electron chi connectivity index (χ3n) is 2.41. The van der Waals surface area contributed by atoms with Gasteiger partial charge >= 0.3 is 5.97 Å². The van der Waals surface area contributed by atoms with Crippen LogP contribution in [0, 0.1) is 5.82 Å². The first-order chi connectivity index (χ1) is 9.65. The molecule has 0 bridgehead atoms. The van der Waals surface area contributed by atoms with Crippen molar-refractivity contribution in [2.24, 2.45) is 0 Å². The molecule has 0 aliphatic carbocycles. The van der Waals surface area contributed by atoms with Gasteiger partial charge in [-0.25, -0.2) is 19.2 Å². The van der Waals surface area contributed by atoms with Crippen molar-refractivity contribution in [1.29, 1.82) is 0 Å². The van der Waals surface area contributed by atoms with E-state index >= 15 is 0 Å². The number of hydrogen-bond donors (Lipinski definition) is 1. The monoisotopic (exact) mass is 290 g/mol. The van der Waals surface area contributed by atoms with Gasteiger partial charge < -0.3 is 5.11 Å². The minimum absolute atomic E-state index is 0.258. The third kappa shape index (κ3) is 4.17. The van der Waals surface area contributed by atoms with Gasteiger partial charge in [0.15, 0.2) is 0 Å². The van der Waals surface area contributed by atoms with Crippen molar-refractivity contribution in [1.82, 2.24) is 9.97 Å². The summed E-state index contributed by atoms with van der Waals surface area (Å²) in [6.45, 7) is 0. The highest BCUT2D eigenvalue weighted by atomic mass is 32.2. The van der Waals surface area contributed by atoms with E-state index in [1.165, 1.54) is 30.2 Å². The number of halogens is 1. The fourth-order valence-corrected chi connectivity index (χ4v) is 2.27. The summed E-state index contributed by atoms with van der Waals surface area (Å²) in [5.41, 5.74) is 1.15. The lowest BCUT2D eigenvalue weighted by Crippen LogP contribution is -1.90. The first kappa shape index (κ1) is 14.2. The molecule has 0 fully saturated rings. The Morgan fingerprint density at radius 1 is 1.40 bits per heavy atom. The Labute approximate surface area is 119 Å². The number of carboxylic acids is 1. The molecule has 6 heteroatoms. The van der Waals surface area contributed by atoms with Crippen LogP contribution in [0.1, 0.15) is 11.1 Å². The Morgan fingerprint density at radius 3 is 2.95 bits per heavy atom. The molecule has 4 nitrogen and oxygen atoms in total. The van der Waals surface area contributed by atoms with Gasteiger partial charge in [0, 0.05) is 23.6 Å². The van der Waals surface area contributed by atoms with Crippen LogP contribution in [-0.4, -0.2) is 21.0 Å². The summed E-state index contributed by atoms with van der Waals surface area (Å²) >= 11 is 1.50. The summed E-state index contributed by atoms with van der Waals surface area (Å²) in [7, 11) is 0. The van der Waals surface area contributed by atoms with E-state index in [4.69, 9.17) is 5.11 Å². The van der Waals surface area contributed by atoms with E-state index < -0.39 is 11.8 Å². The highest BCUT2D eigenvalue weighted by molar-refractivity contribution is 7.98. The Morgan fingerprint density at radius 2 is 2.25 bits per heavy atom. The molecule has 2 rings (SSSR count). The summed E-state index contributed by atoms with van der Waals surface area (Å²) in [6.07, 6.45) is 5.28. The zero-order valence-corrected chi connectivity index (χ0v) is 11.2. The lowest BCUT2D eigenvalue weighted by Gasteiger charge is -2.03. The Hall–Kier alpha value is -2.21. The number of benzene rings is 1. The van der Waals surface area contributed by atoms with Crippen LogP contribution in [0.5, 0.6) is 0 Å². The maximum Gasteiger partial charge on any atom is 0.328 e. The number of thioether (sulfide) groups is 1. The molecular formula is C14H11FN2O2S. The second-order valence-corrected chi connectivity index (χ2v) is 4.86. The SMILES string of the molecule is O=C(O)C=Cc1cc(CSc2ccncn2)ccc1F. The highest BCUT2D eigenvalue weighted by Crippen LogP contribution is 2.22. The van der Waals surface area contributed by atoms with Crippen LogP contribution in [0.2, 0.25) is 0 Å². The second-order valence-electron chi connectivity index (χ2n) is 3.86. The van der Waals surface area contributed by atoms with Crippen LogP contribution in [-0.2, 0) is 10.5 Å². The first-order valence-electron chi connectivity index (χ1n) is 5.73. The summed E-state index contributed by atoms with van der Waals surface area (Å²) < 4.78 is 13.5. The van der Waals surface area contributed by atoms with Gasteiger partial charge in [0.25, 0.3) is 0 Å². The fraction of sp³-hybridized carbons (Fsp3) is 0.0714. The third-order valence-corrected chi connectivity index (χ3v) is 3.42. The molecular weight excluding hydrogens is 279 g/mol. The predicted molar refractivity (Wildman–Crippen MR) is 74.7 cm³/mol. The molecule has 1 heterocycles. The summed E-state index contributed by atoms with van der Waals surface area (Å²) in [6, 6.07) is 6.42. The summed E-state index contributed by atoms with van der Waals surface area (Å²) in [5, 5.41) is 9.39. The van der Waals surface area contributed by atoms with Gasteiger partial charge in [0.1, 0.15) is 12.1 Å². The van der Waals surface area contributed by atoms with Gasteiger partial charge in [-0.15, -0.1) is 11.8 Å². The maximum atomic E-state index is 13.5. The first-order valence-corrected chi connectivity index (χ1v) is 6.72. The number of aliphatic carboxylic acids is 1. The number of aromatic nitrogens is 2. The zero-order valence-electron chi connectivity index (χ0n) is 10.4. The Bertz CT molecular complexity index is 632. The van der Waals surface area contributed by atoms with Crippen LogP contribution >= 0.6 is 11.8 Å². The van der Waals surface area contributed by atoms with E-state index in [1.54, 1.807) is 24.4 Å². The minimum Gasteiger partial charge on any atom is -0.478 e. The van der Waals surface area contributed by atoms with Crippen molar-refractivity contribution in [2.45, 2.75) is 10.8 Å². The van der Waals surface area contributed by atoms with E-state index in [1.807, 2.05) is 0 Å². The van der Waals surface area contributed by atoms with Crippen molar-refractivity contribution in [2.75, 3.05) is 0 Å². The van der Waals surface area contributed by atoms with Gasteiger partial charge in [0.2, 0.25) is 0 Å². The Balaban J connectivity index is 2.09. The average Bonchev–Trinajstić information content (AvgIpc) is 2.46. The molecule has 0 unspecified atom stereocenters. The topological polar surface area (TPSA) is 63.1 Å². The van der Waals surface area contributed by atoms with Crippen molar-refractivity contribution in [3.63, 3.8) is 0 Å². The van der Waals surface area contributed by atoms with E-state index in [2.05, 4.69) is 9.97 Å². The van der Waals surface area contributed by atoms with Gasteiger partial charge in [-0.1, -0.05) is 6.07 Å². The van der Waals surface area contributed by atoms with Crippen molar-refractivity contribution in [3.05, 3.63) is 59.8 Å². The van der Waals surface area contributed by atoms with E-state index in [-0.39, 0.29) is 5.56 Å². The van der Waals surface area contributed by atoms with Crippen molar-refractivity contribution < 1.29 is 14.3 Å². The number of hydrogen-bond acceptors (Lipinski definition) is 4. The van der Waals surface area contributed by atoms with Gasteiger partial charge in [0.05, 0.1) is 5.03 Å². The molecule has 1 N–H and O–H groups in total. The van der Waals surface area contributed by atoms with E-state index in [0.717, 1.165) is 16.7 Å². The predicted octanol–water partition coefficient (Wildman–Crippen LogP) is 3.01. The smallest absolute Gasteiger partial charge is 0.328 e. The van der Waals surface area contributed by atoms with Crippen LogP contribution in [0.4, 0.5) is 4.39 Å². The summed E-state index contributed by atoms with van der Waals surface area (Å²) in [4.78, 5) is 18.4. The maximum absolute atomic E-state index is 13.5. The number of carbonyl (C=O) groups is 1. The minimum atomic E-state index is -1.11. The molecule has 0 spiro atoms. The van der Waals surface area contributed by atoms with Crippen LogP contribution in [0.3, 0.4) is 0 Å². The van der Waals surface area contributed by atoms with Crippen molar-refractivity contribution in [3.8, 4) is 0 Å². The molecule has 102 valence electrons. The average molecular weight is 290 g/mol. The van der Waals surface area contributed by atoms with E-state index in [9.17, 15) is 9.18 Å². The molecule has 0 saturated heterocycles. The van der Waals surface area contributed by atoms with Gasteiger partial charge in [-0.3, -0.25) is 0 Å². The molecule has 20 heavy (non-hydrogen) atoms. The van der Waals surface area contributed by atoms with Gasteiger partial charge in [-0.05, 0) is 29.8 Å². The highest BCUT2D eigenvalue weighted by Gasteiger charge is 2.03. The van der Waals surface area contributed by atoms with Crippen LogP contribution in [0.25, 0.3) is 6.08 Å². The standard InChI is InChI=1S/C14H11FN2O2S/c15-12-3-1-10(7-11(12)2-4-14(18)19)8-20-13-5-6-16-9-17-13/h1-7,9H,8H2,(H,18,19). The Kier molecular flexibility index (Phi) is 4.84. The van der Waals surface area contributed by atoms with Crippen LogP contribution < -0.4 is 0 Å². The molecule has 2 aromatic rings. The molecule has 0 aliphatic rings. The van der Waals surface area contributed by atoms with Crippen LogP contribution in [0.15, 0.2) is 47.9 Å². The fourth-order valence-electron chi connectivity index (χ4n) is 1.49. The number of carboxylic acid groups (broad SMARTS) is 1. The zero-order chi connectivity index (χ0) is 14.4. The largest absolute Gasteiger partial charge is 0.478 e. The van der Waals surface area contributed by atoms with Crippen molar-refractivity contribution >= 4 is 23.8 Å². The molecule has 0 radical (unpaired) electrons. The lowest BCUT2D eigenvalue weighted by atomic mass is 10.1. The van der Waals surface area contributed by atoms with E-state index in [0.29, 0.717) is 5.75 Å². The molecule has 0 saturated carbocycles. The molecule has 1 aromatic carbocycles. The van der Waals surface area contributed by atoms with Gasteiger partial charge in [-0.2, -0.15) is 0 Å². The number of nitrogens with zero attached hydrogens (tertiary/aromatic N) is 2. The molecule has 0 amide bonds. The second kappa shape index (κ2) is 6.81. The molecule has 0 aliphatic heterocycles.